The average molecular weight is 295 g/mol. The van der Waals surface area contributed by atoms with Gasteiger partial charge in [-0.3, -0.25) is 0 Å². The van der Waals surface area contributed by atoms with E-state index in [1.165, 1.54) is 12.8 Å². The van der Waals surface area contributed by atoms with Crippen LogP contribution in [0.15, 0.2) is 12.2 Å². The van der Waals surface area contributed by atoms with Crippen molar-refractivity contribution >= 4 is 8.07 Å². The van der Waals surface area contributed by atoms with Crippen molar-refractivity contribution in [3.8, 4) is 11.5 Å². The minimum absolute atomic E-state index is 0.0158. The molecule has 1 aliphatic rings. The van der Waals surface area contributed by atoms with Crippen LogP contribution in [0.3, 0.4) is 0 Å². The van der Waals surface area contributed by atoms with E-state index in [-0.39, 0.29) is 12.4 Å². The van der Waals surface area contributed by atoms with Gasteiger partial charge in [0.15, 0.2) is 6.29 Å². The highest BCUT2D eigenvalue weighted by molar-refractivity contribution is 6.83. The second-order valence-electron chi connectivity index (χ2n) is 6.44. The first-order valence-electron chi connectivity index (χ1n) is 7.96. The zero-order valence-electron chi connectivity index (χ0n) is 13.6. The summed E-state index contributed by atoms with van der Waals surface area (Å²) in [5.41, 5.74) is 3.43. The third-order valence-corrected chi connectivity index (χ3v) is 3.93. The standard InChI is InChI=1S/C17H30O2Si/c1-5-6-7-8-11-16(13-15-20(2,3)4)19-17-12-9-10-14-18-17/h7-8,16-17H,5-6,9-12,14H2,1-4H3. The first-order chi connectivity index (χ1) is 9.51. The maximum absolute atomic E-state index is 6.04. The molecule has 0 saturated carbocycles. The molecule has 0 aromatic rings. The van der Waals surface area contributed by atoms with Gasteiger partial charge in [-0.05, 0) is 25.7 Å². The third kappa shape index (κ3) is 8.58. The number of unbranched alkanes of at least 4 members (excludes halogenated alkanes) is 1. The fraction of sp³-hybridized carbons (Fsp3) is 0.765. The molecule has 1 aliphatic heterocycles. The van der Waals surface area contributed by atoms with Crippen LogP contribution < -0.4 is 0 Å². The van der Waals surface area contributed by atoms with E-state index < -0.39 is 8.07 Å². The van der Waals surface area contributed by atoms with Crippen LogP contribution in [0.2, 0.25) is 19.6 Å². The Labute approximate surface area is 125 Å². The van der Waals surface area contributed by atoms with Gasteiger partial charge in [-0.1, -0.05) is 51.1 Å². The SMILES string of the molecule is CCCC=CCC(C#C[Si](C)(C)C)OC1CCCCO1. The smallest absolute Gasteiger partial charge is 0.159 e. The van der Waals surface area contributed by atoms with Gasteiger partial charge >= 0.3 is 0 Å². The average Bonchev–Trinajstić information content (AvgIpc) is 2.41. The molecule has 0 aromatic heterocycles. The van der Waals surface area contributed by atoms with E-state index in [4.69, 9.17) is 9.47 Å². The highest BCUT2D eigenvalue weighted by Crippen LogP contribution is 2.17. The van der Waals surface area contributed by atoms with Gasteiger partial charge in [0.05, 0.1) is 0 Å². The molecule has 1 heterocycles. The molecule has 1 fully saturated rings. The van der Waals surface area contributed by atoms with Crippen molar-refractivity contribution in [2.45, 2.75) is 77.5 Å². The molecular formula is C17H30O2Si. The molecule has 2 atom stereocenters. The van der Waals surface area contributed by atoms with Gasteiger partial charge in [-0.25, -0.2) is 0 Å². The molecule has 0 radical (unpaired) electrons. The Morgan fingerprint density at radius 2 is 2.10 bits per heavy atom. The number of ether oxygens (including phenoxy) is 2. The summed E-state index contributed by atoms with van der Waals surface area (Å²) in [7, 11) is -1.35. The van der Waals surface area contributed by atoms with Crippen molar-refractivity contribution in [1.29, 1.82) is 0 Å². The van der Waals surface area contributed by atoms with Crippen LogP contribution in [-0.4, -0.2) is 27.1 Å². The molecule has 20 heavy (non-hydrogen) atoms. The second-order valence-corrected chi connectivity index (χ2v) is 11.2. The lowest BCUT2D eigenvalue weighted by atomic mass is 10.2. The monoisotopic (exact) mass is 294 g/mol. The summed E-state index contributed by atoms with van der Waals surface area (Å²) < 4.78 is 11.7. The Kier molecular flexibility index (Phi) is 8.21. The lowest BCUT2D eigenvalue weighted by Crippen LogP contribution is -2.27. The molecule has 114 valence electrons. The molecule has 0 amide bonds. The topological polar surface area (TPSA) is 18.5 Å². The molecule has 0 spiro atoms. The largest absolute Gasteiger partial charge is 0.353 e. The minimum Gasteiger partial charge on any atom is -0.353 e. The number of allylic oxidation sites excluding steroid dienone is 1. The lowest BCUT2D eigenvalue weighted by molar-refractivity contribution is -0.175. The van der Waals surface area contributed by atoms with Crippen LogP contribution in [-0.2, 0) is 9.47 Å². The highest BCUT2D eigenvalue weighted by Gasteiger charge is 2.18. The second kappa shape index (κ2) is 9.39. The maximum Gasteiger partial charge on any atom is 0.159 e. The van der Waals surface area contributed by atoms with Crippen LogP contribution in [0.4, 0.5) is 0 Å². The fourth-order valence-electron chi connectivity index (χ4n) is 1.95. The Hall–Kier alpha value is -0.563. The van der Waals surface area contributed by atoms with E-state index in [1.807, 2.05) is 0 Å². The van der Waals surface area contributed by atoms with E-state index >= 15 is 0 Å². The first-order valence-corrected chi connectivity index (χ1v) is 11.5. The van der Waals surface area contributed by atoms with Gasteiger partial charge in [0, 0.05) is 13.0 Å². The van der Waals surface area contributed by atoms with Crippen molar-refractivity contribution < 1.29 is 9.47 Å². The number of hydrogen-bond acceptors (Lipinski definition) is 2. The van der Waals surface area contributed by atoms with Crippen LogP contribution >= 0.6 is 0 Å². The van der Waals surface area contributed by atoms with E-state index in [2.05, 4.69) is 50.2 Å². The number of rotatable bonds is 6. The molecule has 1 saturated heterocycles. The Morgan fingerprint density at radius 3 is 2.70 bits per heavy atom. The van der Waals surface area contributed by atoms with Crippen LogP contribution in [0.1, 0.15) is 45.4 Å². The molecule has 2 nitrogen and oxygen atoms in total. The lowest BCUT2D eigenvalue weighted by Gasteiger charge is -2.25. The summed E-state index contributed by atoms with van der Waals surface area (Å²) in [6, 6.07) is 0. The van der Waals surface area contributed by atoms with E-state index in [0.29, 0.717) is 0 Å². The Morgan fingerprint density at radius 1 is 1.30 bits per heavy atom. The van der Waals surface area contributed by atoms with Crippen molar-refractivity contribution in [2.24, 2.45) is 0 Å². The summed E-state index contributed by atoms with van der Waals surface area (Å²) in [6.07, 6.45) is 10.9. The molecule has 1 rings (SSSR count). The van der Waals surface area contributed by atoms with Gasteiger partial charge in [-0.2, -0.15) is 0 Å². The van der Waals surface area contributed by atoms with Gasteiger partial charge in [0.1, 0.15) is 14.2 Å². The van der Waals surface area contributed by atoms with Crippen molar-refractivity contribution in [3.63, 3.8) is 0 Å². The molecule has 3 heteroatoms. The van der Waals surface area contributed by atoms with E-state index in [9.17, 15) is 0 Å². The molecule has 0 bridgehead atoms. The van der Waals surface area contributed by atoms with Gasteiger partial charge in [-0.15, -0.1) is 5.54 Å². The molecular weight excluding hydrogens is 264 g/mol. The summed E-state index contributed by atoms with van der Waals surface area (Å²) >= 11 is 0. The van der Waals surface area contributed by atoms with Gasteiger partial charge in [0.2, 0.25) is 0 Å². The summed E-state index contributed by atoms with van der Waals surface area (Å²) in [4.78, 5) is 0. The molecule has 0 aliphatic carbocycles. The van der Waals surface area contributed by atoms with Crippen LogP contribution in [0, 0.1) is 11.5 Å². The van der Waals surface area contributed by atoms with E-state index in [1.54, 1.807) is 0 Å². The minimum atomic E-state index is -1.35. The molecule has 0 N–H and O–H groups in total. The van der Waals surface area contributed by atoms with Gasteiger partial charge in [0.25, 0.3) is 0 Å². The first kappa shape index (κ1) is 17.5. The summed E-state index contributed by atoms with van der Waals surface area (Å²) in [6.45, 7) is 9.81. The van der Waals surface area contributed by atoms with Crippen molar-refractivity contribution in [1.82, 2.24) is 0 Å². The highest BCUT2D eigenvalue weighted by atomic mass is 28.3. The normalized spacial score (nSPS) is 21.5. The summed E-state index contributed by atoms with van der Waals surface area (Å²) in [5.74, 6) is 3.34. The summed E-state index contributed by atoms with van der Waals surface area (Å²) in [5, 5.41) is 0. The van der Waals surface area contributed by atoms with Crippen LogP contribution in [0.25, 0.3) is 0 Å². The fourth-order valence-corrected chi connectivity index (χ4v) is 2.55. The maximum atomic E-state index is 6.04. The predicted molar refractivity (Wildman–Crippen MR) is 88.3 cm³/mol. The predicted octanol–water partition coefficient (Wildman–Crippen LogP) is 4.53. The third-order valence-electron chi connectivity index (χ3n) is 3.03. The van der Waals surface area contributed by atoms with Gasteiger partial charge < -0.3 is 9.47 Å². The van der Waals surface area contributed by atoms with Crippen molar-refractivity contribution in [2.75, 3.05) is 6.61 Å². The quantitative estimate of drug-likeness (QED) is 0.407. The Bertz CT molecular complexity index is 340. The van der Waals surface area contributed by atoms with E-state index in [0.717, 1.165) is 32.3 Å². The van der Waals surface area contributed by atoms with Crippen molar-refractivity contribution in [3.05, 3.63) is 12.2 Å². The van der Waals surface area contributed by atoms with Crippen LogP contribution in [0.5, 0.6) is 0 Å². The molecule has 0 aromatic carbocycles. The zero-order chi connectivity index (χ0) is 14.8. The zero-order valence-corrected chi connectivity index (χ0v) is 14.6. The number of hydrogen-bond donors (Lipinski definition) is 0. The Balaban J connectivity index is 2.54. The molecule has 2 unspecified atom stereocenters.